The van der Waals surface area contributed by atoms with Crippen LogP contribution in [0.25, 0.3) is 10.9 Å². The number of carbonyl (C=O) groups excluding carboxylic acids is 2. The first-order valence-electron chi connectivity index (χ1n) is 12.3. The molecule has 7 N–H and O–H groups in total. The van der Waals surface area contributed by atoms with Gasteiger partial charge in [0.2, 0.25) is 11.8 Å². The van der Waals surface area contributed by atoms with E-state index in [9.17, 15) is 9.59 Å². The molecule has 0 spiro atoms. The topological polar surface area (TPSA) is 144 Å². The van der Waals surface area contributed by atoms with Gasteiger partial charge in [0.25, 0.3) is 0 Å². The summed E-state index contributed by atoms with van der Waals surface area (Å²) >= 11 is 0. The van der Waals surface area contributed by atoms with Crippen LogP contribution in [0.4, 0.5) is 0 Å². The van der Waals surface area contributed by atoms with Crippen LogP contribution in [-0.2, 0) is 16.1 Å². The van der Waals surface area contributed by atoms with Crippen LogP contribution in [0.5, 0.6) is 0 Å². The van der Waals surface area contributed by atoms with Gasteiger partial charge >= 0.3 is 0 Å². The highest BCUT2D eigenvalue weighted by Crippen LogP contribution is 2.28. The number of amides is 2. The van der Waals surface area contributed by atoms with Crippen LogP contribution < -0.4 is 17.2 Å². The molecule has 1 aromatic heterocycles. The van der Waals surface area contributed by atoms with Crippen molar-refractivity contribution in [3.8, 4) is 0 Å². The molecule has 37 heavy (non-hydrogen) atoms. The number of nitrogens with one attached hydrogen (secondary N) is 1. The highest BCUT2D eigenvalue weighted by atomic mass is 16.2. The molecule has 0 aliphatic heterocycles. The number of hydrogen-bond donors (Lipinski definition) is 4. The van der Waals surface area contributed by atoms with Gasteiger partial charge in [0.15, 0.2) is 5.96 Å². The van der Waals surface area contributed by atoms with Gasteiger partial charge in [0, 0.05) is 18.3 Å². The molecule has 4 aromatic rings. The molecule has 1 atom stereocenters. The summed E-state index contributed by atoms with van der Waals surface area (Å²) in [5.41, 5.74) is 20.5. The third kappa shape index (κ3) is 6.42. The monoisotopic (exact) mass is 496 g/mol. The van der Waals surface area contributed by atoms with Gasteiger partial charge in [0.1, 0.15) is 0 Å². The van der Waals surface area contributed by atoms with Gasteiger partial charge in [-0.3, -0.25) is 19.5 Å². The minimum atomic E-state index is -0.874. The summed E-state index contributed by atoms with van der Waals surface area (Å²) in [5.74, 6) is -1.42. The molecule has 2 amide bonds. The lowest BCUT2D eigenvalue weighted by Crippen LogP contribution is -2.48. The van der Waals surface area contributed by atoms with E-state index in [0.717, 1.165) is 27.6 Å². The minimum absolute atomic E-state index is 0.00887. The molecular weight excluding hydrogens is 464 g/mol. The van der Waals surface area contributed by atoms with Crippen LogP contribution >= 0.6 is 0 Å². The molecule has 0 saturated heterocycles. The zero-order chi connectivity index (χ0) is 26.2. The standard InChI is InChI=1S/C29H32N6O2/c30-24(12-7-16-34-29(31)32)27(36)35(19-20-13-14-25-23(18-20)15-17-33-25)28(37)26(21-8-3-1-4-9-21)22-10-5-2-6-11-22/h1-6,8-11,13-15,17-18,24,26,33H,7,12,16,19,30H2,(H4,31,32,34). The summed E-state index contributed by atoms with van der Waals surface area (Å²) < 4.78 is 0. The number of fused-ring (bicyclic) bond motifs is 1. The fraction of sp³-hybridized carbons (Fsp3) is 0.207. The van der Waals surface area contributed by atoms with E-state index in [1.54, 1.807) is 0 Å². The van der Waals surface area contributed by atoms with Crippen molar-refractivity contribution in [1.82, 2.24) is 9.88 Å². The summed E-state index contributed by atoms with van der Waals surface area (Å²) in [6.07, 6.45) is 2.72. The molecular formula is C29H32N6O2. The smallest absolute Gasteiger partial charge is 0.246 e. The number of nitrogens with two attached hydrogens (primary N) is 3. The van der Waals surface area contributed by atoms with Crippen LogP contribution in [0, 0.1) is 0 Å². The largest absolute Gasteiger partial charge is 0.370 e. The molecule has 0 aliphatic carbocycles. The number of H-pyrrole nitrogens is 1. The molecule has 0 saturated carbocycles. The van der Waals surface area contributed by atoms with Crippen molar-refractivity contribution in [3.05, 3.63) is 108 Å². The van der Waals surface area contributed by atoms with Crippen LogP contribution in [0.15, 0.2) is 96.1 Å². The highest BCUT2D eigenvalue weighted by Gasteiger charge is 2.33. The van der Waals surface area contributed by atoms with Gasteiger partial charge in [0.05, 0.1) is 18.5 Å². The minimum Gasteiger partial charge on any atom is -0.370 e. The van der Waals surface area contributed by atoms with Crippen LogP contribution in [0.2, 0.25) is 0 Å². The average molecular weight is 497 g/mol. The van der Waals surface area contributed by atoms with Crippen molar-refractivity contribution in [2.75, 3.05) is 6.54 Å². The molecule has 8 heteroatoms. The first-order valence-corrected chi connectivity index (χ1v) is 12.3. The Morgan fingerprint density at radius 2 is 1.51 bits per heavy atom. The Labute approximate surface area is 216 Å². The fourth-order valence-corrected chi connectivity index (χ4v) is 4.42. The predicted octanol–water partition coefficient (Wildman–Crippen LogP) is 3.24. The molecule has 1 unspecified atom stereocenters. The third-order valence-corrected chi connectivity index (χ3v) is 6.29. The van der Waals surface area contributed by atoms with E-state index in [1.807, 2.05) is 91.1 Å². The number of aliphatic imine (C=N–C) groups is 1. The van der Waals surface area contributed by atoms with Gasteiger partial charge in [-0.2, -0.15) is 0 Å². The third-order valence-electron chi connectivity index (χ3n) is 6.29. The Bertz CT molecular complexity index is 1320. The number of imide groups is 1. The van der Waals surface area contributed by atoms with E-state index in [4.69, 9.17) is 17.2 Å². The first kappa shape index (κ1) is 25.7. The number of rotatable bonds is 10. The number of nitrogens with zero attached hydrogens (tertiary/aromatic N) is 2. The van der Waals surface area contributed by atoms with E-state index >= 15 is 0 Å². The zero-order valence-corrected chi connectivity index (χ0v) is 20.6. The molecule has 3 aromatic carbocycles. The number of hydrogen-bond acceptors (Lipinski definition) is 4. The van der Waals surface area contributed by atoms with E-state index in [1.165, 1.54) is 4.90 Å². The lowest BCUT2D eigenvalue weighted by molar-refractivity contribution is -0.147. The van der Waals surface area contributed by atoms with Crippen LogP contribution in [0.1, 0.15) is 35.4 Å². The summed E-state index contributed by atoms with van der Waals surface area (Å²) in [5, 5.41) is 1.00. The summed E-state index contributed by atoms with van der Waals surface area (Å²) in [4.78, 5) is 36.3. The normalized spacial score (nSPS) is 11.8. The van der Waals surface area contributed by atoms with Crippen molar-refractivity contribution in [1.29, 1.82) is 0 Å². The van der Waals surface area contributed by atoms with Crippen molar-refractivity contribution < 1.29 is 9.59 Å². The van der Waals surface area contributed by atoms with E-state index in [0.29, 0.717) is 19.4 Å². The number of benzene rings is 3. The number of aromatic nitrogens is 1. The Kier molecular flexibility index (Phi) is 8.33. The van der Waals surface area contributed by atoms with Gasteiger partial charge in [-0.05, 0) is 53.1 Å². The molecule has 0 radical (unpaired) electrons. The number of guanidine groups is 1. The molecule has 8 nitrogen and oxygen atoms in total. The Morgan fingerprint density at radius 3 is 2.14 bits per heavy atom. The zero-order valence-electron chi connectivity index (χ0n) is 20.6. The lowest BCUT2D eigenvalue weighted by atomic mass is 9.89. The second kappa shape index (κ2) is 12.0. The van der Waals surface area contributed by atoms with E-state index < -0.39 is 17.9 Å². The van der Waals surface area contributed by atoms with Gasteiger partial charge in [-0.15, -0.1) is 0 Å². The van der Waals surface area contributed by atoms with Crippen molar-refractivity contribution >= 4 is 28.7 Å². The number of carbonyl (C=O) groups is 2. The SMILES string of the molecule is NC(N)=NCCCC(N)C(=O)N(Cc1ccc2[nH]ccc2c1)C(=O)C(c1ccccc1)c1ccccc1. The average Bonchev–Trinajstić information content (AvgIpc) is 3.38. The summed E-state index contributed by atoms with van der Waals surface area (Å²) in [6, 6.07) is 25.9. The maximum Gasteiger partial charge on any atom is 0.246 e. The maximum atomic E-state index is 14.2. The molecule has 190 valence electrons. The van der Waals surface area contributed by atoms with Gasteiger partial charge in [-0.25, -0.2) is 0 Å². The van der Waals surface area contributed by atoms with Crippen LogP contribution in [-0.4, -0.2) is 40.2 Å². The Balaban J connectivity index is 1.67. The first-order chi connectivity index (χ1) is 17.9. The second-order valence-electron chi connectivity index (χ2n) is 8.97. The number of aromatic amines is 1. The fourth-order valence-electron chi connectivity index (χ4n) is 4.42. The Morgan fingerprint density at radius 1 is 0.865 bits per heavy atom. The highest BCUT2D eigenvalue weighted by molar-refractivity contribution is 6.02. The lowest BCUT2D eigenvalue weighted by Gasteiger charge is -2.29. The second-order valence-corrected chi connectivity index (χ2v) is 8.97. The maximum absolute atomic E-state index is 14.2. The molecule has 4 rings (SSSR count). The van der Waals surface area contributed by atoms with Gasteiger partial charge < -0.3 is 22.2 Å². The van der Waals surface area contributed by atoms with E-state index in [2.05, 4.69) is 9.98 Å². The van der Waals surface area contributed by atoms with Crippen molar-refractivity contribution in [3.63, 3.8) is 0 Å². The molecule has 0 bridgehead atoms. The van der Waals surface area contributed by atoms with E-state index in [-0.39, 0.29) is 18.4 Å². The summed E-state index contributed by atoms with van der Waals surface area (Å²) in [7, 11) is 0. The Hall–Kier alpha value is -4.43. The molecule has 1 heterocycles. The van der Waals surface area contributed by atoms with Crippen LogP contribution in [0.3, 0.4) is 0 Å². The van der Waals surface area contributed by atoms with Crippen molar-refractivity contribution in [2.45, 2.75) is 31.3 Å². The molecule has 0 aliphatic rings. The predicted molar refractivity (Wildman–Crippen MR) is 146 cm³/mol. The summed E-state index contributed by atoms with van der Waals surface area (Å²) in [6.45, 7) is 0.467. The quantitative estimate of drug-likeness (QED) is 0.151. The van der Waals surface area contributed by atoms with Gasteiger partial charge in [-0.1, -0.05) is 66.7 Å². The van der Waals surface area contributed by atoms with Crippen molar-refractivity contribution in [2.24, 2.45) is 22.2 Å². The molecule has 0 fully saturated rings.